The lowest BCUT2D eigenvalue weighted by Gasteiger charge is -2.23. The van der Waals surface area contributed by atoms with E-state index in [1.165, 1.54) is 50.1 Å². The lowest BCUT2D eigenvalue weighted by molar-refractivity contribution is 0.623. The van der Waals surface area contributed by atoms with Crippen molar-refractivity contribution in [1.29, 1.82) is 0 Å². The van der Waals surface area contributed by atoms with Crippen LogP contribution in [0.1, 0.15) is 51.0 Å². The molecule has 19 heavy (non-hydrogen) atoms. The Morgan fingerprint density at radius 1 is 1.05 bits per heavy atom. The lowest BCUT2D eigenvalue weighted by atomic mass is 10.1. The molecule has 0 aliphatic heterocycles. The molecule has 0 bridgehead atoms. The molecule has 0 radical (unpaired) electrons. The van der Waals surface area contributed by atoms with Gasteiger partial charge < -0.3 is 0 Å². The first kappa shape index (κ1) is 16.2. The molecule has 1 rings (SSSR count). The minimum Gasteiger partial charge on any atom is -0.0985 e. The van der Waals surface area contributed by atoms with Crippen molar-refractivity contribution in [3.05, 3.63) is 36.4 Å². The van der Waals surface area contributed by atoms with E-state index in [0.717, 1.165) is 0 Å². The summed E-state index contributed by atoms with van der Waals surface area (Å²) in [5.41, 5.74) is 1.26. The van der Waals surface area contributed by atoms with E-state index >= 15 is 0 Å². The number of hydrogen-bond donors (Lipinski definition) is 0. The molecule has 0 aliphatic rings. The van der Waals surface area contributed by atoms with E-state index in [9.17, 15) is 0 Å². The van der Waals surface area contributed by atoms with Crippen LogP contribution < -0.4 is 5.19 Å². The van der Waals surface area contributed by atoms with Gasteiger partial charge in [-0.3, -0.25) is 0 Å². The van der Waals surface area contributed by atoms with Crippen LogP contribution in [0.5, 0.6) is 0 Å². The summed E-state index contributed by atoms with van der Waals surface area (Å²) in [4.78, 5) is 0. The molecule has 1 heteroatoms. The van der Waals surface area contributed by atoms with Gasteiger partial charge in [-0.15, -0.1) is 0 Å². The Kier molecular flexibility index (Phi) is 7.15. The molecule has 0 atom stereocenters. The van der Waals surface area contributed by atoms with Gasteiger partial charge >= 0.3 is 0 Å². The Balaban J connectivity index is 2.43. The highest BCUT2D eigenvalue weighted by molar-refractivity contribution is 6.89. The second kappa shape index (κ2) is 8.37. The van der Waals surface area contributed by atoms with E-state index in [-0.39, 0.29) is 0 Å². The molecule has 0 spiro atoms. The first-order valence-electron chi connectivity index (χ1n) is 7.83. The number of rotatable bonds is 9. The average molecular weight is 275 g/mol. The average Bonchev–Trinajstić information content (AvgIpc) is 2.43. The van der Waals surface area contributed by atoms with Crippen LogP contribution in [0, 0.1) is 0 Å². The summed E-state index contributed by atoms with van der Waals surface area (Å²) >= 11 is 0. The zero-order chi connectivity index (χ0) is 14.1. The van der Waals surface area contributed by atoms with Crippen LogP contribution in [-0.4, -0.2) is 8.07 Å². The molecule has 0 fully saturated rings. The van der Waals surface area contributed by atoms with Gasteiger partial charge in [0, 0.05) is 0 Å². The molecule has 0 heterocycles. The fourth-order valence-corrected chi connectivity index (χ4v) is 5.11. The molecule has 0 nitrogen and oxygen atoms in total. The predicted octanol–water partition coefficient (Wildman–Crippen LogP) is 5.61. The van der Waals surface area contributed by atoms with Gasteiger partial charge in [-0.25, -0.2) is 0 Å². The highest BCUT2D eigenvalue weighted by Gasteiger charge is 2.22. The second-order valence-corrected chi connectivity index (χ2v) is 11.1. The highest BCUT2D eigenvalue weighted by atomic mass is 28.3. The quantitative estimate of drug-likeness (QED) is 0.406. The Bertz CT molecular complexity index is 379. The third kappa shape index (κ3) is 5.77. The van der Waals surface area contributed by atoms with Crippen molar-refractivity contribution < 1.29 is 0 Å². The SMILES string of the molecule is C=Cc1cccc([Si](C)(C)CCCCCCCC)c1. The zero-order valence-electron chi connectivity index (χ0n) is 13.0. The van der Waals surface area contributed by atoms with E-state index in [1.807, 2.05) is 6.08 Å². The monoisotopic (exact) mass is 274 g/mol. The summed E-state index contributed by atoms with van der Waals surface area (Å²) in [5.74, 6) is 0. The van der Waals surface area contributed by atoms with Crippen molar-refractivity contribution in [2.45, 2.75) is 64.6 Å². The van der Waals surface area contributed by atoms with Crippen LogP contribution in [0.4, 0.5) is 0 Å². The van der Waals surface area contributed by atoms with Crippen LogP contribution >= 0.6 is 0 Å². The minimum absolute atomic E-state index is 1.24. The van der Waals surface area contributed by atoms with Crippen molar-refractivity contribution >= 4 is 19.3 Å². The van der Waals surface area contributed by atoms with E-state index in [4.69, 9.17) is 0 Å². The molecular formula is C18H30Si. The standard InChI is InChI=1S/C18H30Si/c1-5-7-8-9-10-11-15-19(3,4)18-14-12-13-17(6-2)16-18/h6,12-14,16H,2,5,7-11,15H2,1,3-4H3. The number of benzene rings is 1. The normalized spacial score (nSPS) is 11.5. The Hall–Kier alpha value is -0.823. The molecule has 106 valence electrons. The van der Waals surface area contributed by atoms with Crippen LogP contribution in [0.2, 0.25) is 19.1 Å². The molecule has 1 aromatic carbocycles. The third-order valence-electron chi connectivity index (χ3n) is 4.06. The summed E-state index contributed by atoms with van der Waals surface area (Å²) < 4.78 is 0. The van der Waals surface area contributed by atoms with Crippen molar-refractivity contribution in [3.8, 4) is 0 Å². The van der Waals surface area contributed by atoms with Crippen molar-refractivity contribution in [3.63, 3.8) is 0 Å². The van der Waals surface area contributed by atoms with Gasteiger partial charge in [-0.05, 0) is 5.56 Å². The fourth-order valence-electron chi connectivity index (χ4n) is 2.58. The van der Waals surface area contributed by atoms with Crippen LogP contribution in [0.25, 0.3) is 6.08 Å². The Morgan fingerprint density at radius 3 is 2.42 bits per heavy atom. The van der Waals surface area contributed by atoms with Gasteiger partial charge in [0.05, 0.1) is 8.07 Å². The topological polar surface area (TPSA) is 0 Å². The maximum Gasteiger partial charge on any atom is 0.0806 e. The third-order valence-corrected chi connectivity index (χ3v) is 7.54. The van der Waals surface area contributed by atoms with Gasteiger partial charge in [0.25, 0.3) is 0 Å². The van der Waals surface area contributed by atoms with E-state index in [1.54, 1.807) is 5.19 Å². The van der Waals surface area contributed by atoms with Crippen LogP contribution in [0.15, 0.2) is 30.8 Å². The molecule has 0 saturated carbocycles. The summed E-state index contributed by atoms with van der Waals surface area (Å²) in [7, 11) is -1.24. The van der Waals surface area contributed by atoms with Crippen molar-refractivity contribution in [2.75, 3.05) is 0 Å². The summed E-state index contributed by atoms with van der Waals surface area (Å²) in [6.45, 7) is 11.2. The lowest BCUT2D eigenvalue weighted by Crippen LogP contribution is -2.41. The summed E-state index contributed by atoms with van der Waals surface area (Å²) in [5, 5.41) is 1.58. The molecule has 0 aliphatic carbocycles. The minimum atomic E-state index is -1.24. The molecule has 0 aromatic heterocycles. The zero-order valence-corrected chi connectivity index (χ0v) is 14.0. The Morgan fingerprint density at radius 2 is 1.74 bits per heavy atom. The largest absolute Gasteiger partial charge is 0.0985 e. The first-order valence-corrected chi connectivity index (χ1v) is 11.0. The second-order valence-electron chi connectivity index (χ2n) is 6.23. The Labute approximate surface area is 121 Å². The van der Waals surface area contributed by atoms with Crippen molar-refractivity contribution in [2.24, 2.45) is 0 Å². The molecular weight excluding hydrogens is 244 g/mol. The van der Waals surface area contributed by atoms with Gasteiger partial charge in [0.2, 0.25) is 0 Å². The van der Waals surface area contributed by atoms with E-state index in [0.29, 0.717) is 0 Å². The predicted molar refractivity (Wildman–Crippen MR) is 91.8 cm³/mol. The van der Waals surface area contributed by atoms with E-state index < -0.39 is 8.07 Å². The maximum absolute atomic E-state index is 3.87. The molecule has 1 aromatic rings. The summed E-state index contributed by atoms with van der Waals surface area (Å²) in [6, 6.07) is 10.4. The van der Waals surface area contributed by atoms with Gasteiger partial charge in [-0.2, -0.15) is 0 Å². The number of unbranched alkanes of at least 4 members (excludes halogenated alkanes) is 5. The summed E-state index contributed by atoms with van der Waals surface area (Å²) in [6.07, 6.45) is 10.4. The smallest absolute Gasteiger partial charge is 0.0806 e. The molecule has 0 N–H and O–H groups in total. The molecule has 0 saturated heterocycles. The van der Waals surface area contributed by atoms with Gasteiger partial charge in [0.15, 0.2) is 0 Å². The van der Waals surface area contributed by atoms with Crippen LogP contribution in [0.3, 0.4) is 0 Å². The molecule has 0 amide bonds. The van der Waals surface area contributed by atoms with Gasteiger partial charge in [-0.1, -0.05) is 107 Å². The first-order chi connectivity index (χ1) is 9.10. The van der Waals surface area contributed by atoms with E-state index in [2.05, 4.69) is 50.9 Å². The maximum atomic E-state index is 3.87. The molecule has 0 unspecified atom stereocenters. The number of hydrogen-bond acceptors (Lipinski definition) is 0. The fraction of sp³-hybridized carbons (Fsp3) is 0.556. The van der Waals surface area contributed by atoms with Crippen molar-refractivity contribution in [1.82, 2.24) is 0 Å². The van der Waals surface area contributed by atoms with Gasteiger partial charge in [0.1, 0.15) is 0 Å². The van der Waals surface area contributed by atoms with Crippen LogP contribution in [-0.2, 0) is 0 Å². The highest BCUT2D eigenvalue weighted by Crippen LogP contribution is 2.17.